The number of para-hydroxylation sites is 2. The molecule has 0 fully saturated rings. The van der Waals surface area contributed by atoms with Crippen LogP contribution in [0.3, 0.4) is 0 Å². The number of nitro groups is 1. The van der Waals surface area contributed by atoms with Crippen LogP contribution in [0.1, 0.15) is 10.5 Å². The largest absolute Gasteiger partial charge is 0.433 e. The van der Waals surface area contributed by atoms with E-state index in [1.54, 1.807) is 0 Å². The van der Waals surface area contributed by atoms with Gasteiger partial charge in [0.1, 0.15) is 10.2 Å². The number of aromatic amines is 1. The van der Waals surface area contributed by atoms with E-state index in [0.717, 1.165) is 0 Å². The summed E-state index contributed by atoms with van der Waals surface area (Å²) >= 11 is 2.88. The molecule has 0 radical (unpaired) electrons. The Bertz CT molecular complexity index is 722. The van der Waals surface area contributed by atoms with Gasteiger partial charge in [-0.15, -0.1) is 5.10 Å². The number of amides is 1. The van der Waals surface area contributed by atoms with E-state index in [1.165, 1.54) is 24.3 Å². The van der Waals surface area contributed by atoms with Gasteiger partial charge < -0.3 is 20.2 Å². The minimum absolute atomic E-state index is 0.0228. The number of nitrogens with zero attached hydrogens (tertiary/aromatic N) is 2. The fourth-order valence-corrected chi connectivity index (χ4v) is 2.04. The number of hydrogen-bond acceptors (Lipinski definition) is 5. The number of ether oxygens (including phenoxy) is 1. The van der Waals surface area contributed by atoms with Crippen LogP contribution in [0.2, 0.25) is 0 Å². The molecule has 1 heterocycles. The summed E-state index contributed by atoms with van der Waals surface area (Å²) in [6.45, 7) is -3.06. The van der Waals surface area contributed by atoms with Gasteiger partial charge in [0.05, 0.1) is 5.69 Å². The van der Waals surface area contributed by atoms with E-state index in [9.17, 15) is 23.7 Å². The first-order chi connectivity index (χ1) is 10.4. The fourth-order valence-electron chi connectivity index (χ4n) is 1.54. The molecule has 0 atom stereocenters. The number of anilines is 1. The standard InChI is InChI=1S/C11H7BrF2N4O4/c12-7-8(16-17-9(7)18(20)21)10(19)15-5-3-1-2-4-6(5)22-11(13)14/h1-4,11H,(H,15,19)(H,16,17). The van der Waals surface area contributed by atoms with Crippen molar-refractivity contribution < 1.29 is 23.2 Å². The molecule has 0 aliphatic heterocycles. The number of nitrogens with one attached hydrogen (secondary N) is 2. The van der Waals surface area contributed by atoms with Crippen LogP contribution in [0.15, 0.2) is 28.7 Å². The molecule has 1 aromatic carbocycles. The summed E-state index contributed by atoms with van der Waals surface area (Å²) in [5, 5.41) is 18.5. The average Bonchev–Trinajstić information content (AvgIpc) is 2.82. The van der Waals surface area contributed by atoms with Crippen LogP contribution in [0.4, 0.5) is 20.3 Å². The number of alkyl halides is 2. The minimum atomic E-state index is -3.06. The monoisotopic (exact) mass is 376 g/mol. The molecule has 0 bridgehead atoms. The molecule has 11 heteroatoms. The molecule has 0 saturated heterocycles. The number of benzene rings is 1. The first-order valence-electron chi connectivity index (χ1n) is 5.63. The van der Waals surface area contributed by atoms with Crippen LogP contribution in [0.25, 0.3) is 0 Å². The molecule has 2 N–H and O–H groups in total. The fraction of sp³-hybridized carbons (Fsp3) is 0.0909. The van der Waals surface area contributed by atoms with Crippen LogP contribution in [-0.4, -0.2) is 27.6 Å². The molecule has 0 saturated carbocycles. The van der Waals surface area contributed by atoms with Crippen LogP contribution < -0.4 is 10.1 Å². The zero-order chi connectivity index (χ0) is 16.3. The average molecular weight is 377 g/mol. The van der Waals surface area contributed by atoms with E-state index >= 15 is 0 Å². The highest BCUT2D eigenvalue weighted by molar-refractivity contribution is 9.10. The van der Waals surface area contributed by atoms with Gasteiger partial charge in [-0.25, -0.2) is 0 Å². The SMILES string of the molecule is O=C(Nc1ccccc1OC(F)F)c1n[nH]c([N+](=O)[O-])c1Br. The molecule has 0 unspecified atom stereocenters. The summed E-state index contributed by atoms with van der Waals surface area (Å²) in [5.74, 6) is -1.57. The second-order valence-electron chi connectivity index (χ2n) is 3.82. The van der Waals surface area contributed by atoms with Crippen LogP contribution in [0.5, 0.6) is 5.75 Å². The Labute approximate surface area is 129 Å². The Morgan fingerprint density at radius 3 is 2.73 bits per heavy atom. The lowest BCUT2D eigenvalue weighted by Gasteiger charge is -2.10. The third-order valence-electron chi connectivity index (χ3n) is 2.44. The minimum Gasteiger partial charge on any atom is -0.433 e. The number of hydrogen-bond donors (Lipinski definition) is 2. The number of rotatable bonds is 5. The zero-order valence-electron chi connectivity index (χ0n) is 10.5. The smallest absolute Gasteiger partial charge is 0.387 e. The van der Waals surface area contributed by atoms with Gasteiger partial charge in [0, 0.05) is 0 Å². The maximum absolute atomic E-state index is 12.3. The van der Waals surface area contributed by atoms with E-state index in [0.29, 0.717) is 0 Å². The van der Waals surface area contributed by atoms with Crippen molar-refractivity contribution in [3.05, 3.63) is 44.5 Å². The number of halogens is 3. The molecule has 8 nitrogen and oxygen atoms in total. The molecule has 1 aromatic heterocycles. The quantitative estimate of drug-likeness (QED) is 0.615. The molecular formula is C11H7BrF2N4O4. The summed E-state index contributed by atoms with van der Waals surface area (Å²) < 4.78 is 28.7. The lowest BCUT2D eigenvalue weighted by molar-refractivity contribution is -0.390. The highest BCUT2D eigenvalue weighted by Crippen LogP contribution is 2.29. The van der Waals surface area contributed by atoms with Crippen LogP contribution in [0, 0.1) is 10.1 Å². The molecule has 2 rings (SSSR count). The number of H-pyrrole nitrogens is 1. The summed E-state index contributed by atoms with van der Waals surface area (Å²) in [5.41, 5.74) is -0.316. The highest BCUT2D eigenvalue weighted by atomic mass is 79.9. The molecule has 0 aliphatic rings. The Morgan fingerprint density at radius 2 is 2.14 bits per heavy atom. The molecule has 116 valence electrons. The van der Waals surface area contributed by atoms with Crippen LogP contribution in [-0.2, 0) is 0 Å². The molecule has 2 aromatic rings. The van der Waals surface area contributed by atoms with Gasteiger partial charge in [-0.1, -0.05) is 17.2 Å². The van der Waals surface area contributed by atoms with Gasteiger partial charge in [0.25, 0.3) is 5.91 Å². The third-order valence-corrected chi connectivity index (χ3v) is 3.19. The molecule has 0 aliphatic carbocycles. The first kappa shape index (κ1) is 15.8. The molecular weight excluding hydrogens is 370 g/mol. The first-order valence-corrected chi connectivity index (χ1v) is 6.43. The van der Waals surface area contributed by atoms with Gasteiger partial charge in [-0.3, -0.25) is 4.79 Å². The van der Waals surface area contributed by atoms with Gasteiger partial charge >= 0.3 is 12.4 Å². The van der Waals surface area contributed by atoms with Crippen molar-refractivity contribution in [2.24, 2.45) is 0 Å². The third kappa shape index (κ3) is 3.36. The highest BCUT2D eigenvalue weighted by Gasteiger charge is 2.25. The predicted octanol–water partition coefficient (Wildman–Crippen LogP) is 2.93. The van der Waals surface area contributed by atoms with E-state index in [2.05, 4.69) is 36.2 Å². The number of carbonyl (C=O) groups excluding carboxylic acids is 1. The van der Waals surface area contributed by atoms with E-state index in [-0.39, 0.29) is 21.6 Å². The summed E-state index contributed by atoms with van der Waals surface area (Å²) in [6.07, 6.45) is 0. The summed E-state index contributed by atoms with van der Waals surface area (Å²) in [6, 6.07) is 5.52. The van der Waals surface area contributed by atoms with E-state index < -0.39 is 23.3 Å². The summed E-state index contributed by atoms with van der Waals surface area (Å²) in [4.78, 5) is 21.9. The van der Waals surface area contributed by atoms with Gasteiger partial charge in [-0.2, -0.15) is 8.78 Å². The van der Waals surface area contributed by atoms with Gasteiger partial charge in [-0.05, 0) is 33.0 Å². The van der Waals surface area contributed by atoms with Crippen molar-refractivity contribution in [3.63, 3.8) is 0 Å². The van der Waals surface area contributed by atoms with E-state index in [4.69, 9.17) is 0 Å². The van der Waals surface area contributed by atoms with Gasteiger partial charge in [0.2, 0.25) is 0 Å². The van der Waals surface area contributed by atoms with Crippen molar-refractivity contribution in [2.75, 3.05) is 5.32 Å². The maximum atomic E-state index is 12.3. The van der Waals surface area contributed by atoms with Crippen molar-refractivity contribution in [2.45, 2.75) is 6.61 Å². The zero-order valence-corrected chi connectivity index (χ0v) is 12.1. The normalized spacial score (nSPS) is 10.5. The molecule has 22 heavy (non-hydrogen) atoms. The predicted molar refractivity (Wildman–Crippen MR) is 74.0 cm³/mol. The van der Waals surface area contributed by atoms with E-state index in [1.807, 2.05) is 0 Å². The van der Waals surface area contributed by atoms with Gasteiger partial charge in [0.15, 0.2) is 5.69 Å². The Hall–Kier alpha value is -2.56. The van der Waals surface area contributed by atoms with Crippen molar-refractivity contribution in [1.29, 1.82) is 0 Å². The van der Waals surface area contributed by atoms with Crippen LogP contribution >= 0.6 is 15.9 Å². The second-order valence-corrected chi connectivity index (χ2v) is 4.61. The number of carbonyl (C=O) groups is 1. The number of aromatic nitrogens is 2. The Morgan fingerprint density at radius 1 is 1.45 bits per heavy atom. The lowest BCUT2D eigenvalue weighted by Crippen LogP contribution is -2.14. The lowest BCUT2D eigenvalue weighted by atomic mass is 10.3. The summed E-state index contributed by atoms with van der Waals surface area (Å²) in [7, 11) is 0. The molecule has 1 amide bonds. The second kappa shape index (κ2) is 6.47. The molecule has 0 spiro atoms. The topological polar surface area (TPSA) is 110 Å². The Kier molecular flexibility index (Phi) is 4.65. The van der Waals surface area contributed by atoms with Crippen molar-refractivity contribution in [1.82, 2.24) is 10.2 Å². The van der Waals surface area contributed by atoms with Crippen molar-refractivity contribution >= 4 is 33.3 Å². The van der Waals surface area contributed by atoms with Crippen molar-refractivity contribution in [3.8, 4) is 5.75 Å². The Balaban J connectivity index is 2.24. The maximum Gasteiger partial charge on any atom is 0.387 e.